The Balaban J connectivity index is 2.42. The lowest BCUT2D eigenvalue weighted by atomic mass is 9.98. The Labute approximate surface area is 119 Å². The van der Waals surface area contributed by atoms with Crippen LogP contribution in [0.5, 0.6) is 0 Å². The van der Waals surface area contributed by atoms with Gasteiger partial charge in [-0.3, -0.25) is 0 Å². The molecule has 21 heavy (non-hydrogen) atoms. The number of hydrogen-bond donors (Lipinski definition) is 3. The summed E-state index contributed by atoms with van der Waals surface area (Å²) in [5.41, 5.74) is 1.50. The number of carboxylic acids is 2. The molecule has 0 bridgehead atoms. The van der Waals surface area contributed by atoms with Gasteiger partial charge in [-0.1, -0.05) is 42.5 Å². The lowest BCUT2D eigenvalue weighted by Gasteiger charge is -2.04. The number of aromatic nitrogens is 1. The second-order valence-electron chi connectivity index (χ2n) is 4.58. The van der Waals surface area contributed by atoms with E-state index >= 15 is 0 Å². The van der Waals surface area contributed by atoms with E-state index in [1.807, 2.05) is 30.3 Å². The molecule has 3 aromatic rings. The predicted octanol–water partition coefficient (Wildman–Crippen LogP) is 3.23. The quantitative estimate of drug-likeness (QED) is 0.687. The molecule has 0 saturated carbocycles. The smallest absolute Gasteiger partial charge is 0.353 e. The van der Waals surface area contributed by atoms with E-state index < -0.39 is 11.9 Å². The molecule has 0 aliphatic heterocycles. The molecule has 0 atom stereocenters. The summed E-state index contributed by atoms with van der Waals surface area (Å²) in [7, 11) is 0. The molecule has 3 rings (SSSR count). The van der Waals surface area contributed by atoms with Crippen molar-refractivity contribution in [3.63, 3.8) is 0 Å². The molecule has 0 aliphatic carbocycles. The fourth-order valence-corrected chi connectivity index (χ4v) is 2.48. The Bertz CT molecular complexity index is 849. The summed E-state index contributed by atoms with van der Waals surface area (Å²) in [5.74, 6) is -2.55. The number of fused-ring (bicyclic) bond motifs is 1. The van der Waals surface area contributed by atoms with Crippen LogP contribution >= 0.6 is 0 Å². The van der Waals surface area contributed by atoms with Crippen LogP contribution < -0.4 is 0 Å². The Morgan fingerprint density at radius 1 is 0.857 bits per heavy atom. The van der Waals surface area contributed by atoms with E-state index in [2.05, 4.69) is 4.98 Å². The molecular weight excluding hydrogens is 270 g/mol. The highest BCUT2D eigenvalue weighted by atomic mass is 16.4. The van der Waals surface area contributed by atoms with Gasteiger partial charge in [0.1, 0.15) is 11.3 Å². The molecule has 0 spiro atoms. The maximum atomic E-state index is 11.5. The van der Waals surface area contributed by atoms with Crippen molar-refractivity contribution >= 4 is 22.8 Å². The minimum Gasteiger partial charge on any atom is -0.478 e. The normalized spacial score (nSPS) is 10.7. The monoisotopic (exact) mass is 281 g/mol. The van der Waals surface area contributed by atoms with Crippen LogP contribution in [0.1, 0.15) is 20.8 Å². The molecule has 5 heteroatoms. The first-order valence-corrected chi connectivity index (χ1v) is 6.26. The molecule has 0 amide bonds. The standard InChI is InChI=1S/C16H11NO4/c18-15(19)13-12-10(9-5-2-1-3-6-9)7-4-8-11(12)17-14(13)16(20)21/h1-8,17H,(H,18,19)(H,20,21). The second kappa shape index (κ2) is 4.79. The van der Waals surface area contributed by atoms with Crippen molar-refractivity contribution in [3.05, 3.63) is 59.8 Å². The summed E-state index contributed by atoms with van der Waals surface area (Å²) in [6.07, 6.45) is 0. The van der Waals surface area contributed by atoms with Gasteiger partial charge in [0.25, 0.3) is 0 Å². The summed E-state index contributed by atoms with van der Waals surface area (Å²) in [6.45, 7) is 0. The number of nitrogens with one attached hydrogen (secondary N) is 1. The van der Waals surface area contributed by atoms with Gasteiger partial charge in [0.05, 0.1) is 0 Å². The number of carbonyl (C=O) groups is 2. The van der Waals surface area contributed by atoms with Crippen LogP contribution in [0, 0.1) is 0 Å². The van der Waals surface area contributed by atoms with Crippen LogP contribution in [0.3, 0.4) is 0 Å². The lowest BCUT2D eigenvalue weighted by molar-refractivity contribution is 0.0650. The molecule has 1 aromatic heterocycles. The molecule has 0 unspecified atom stereocenters. The van der Waals surface area contributed by atoms with Crippen LogP contribution in [0.4, 0.5) is 0 Å². The van der Waals surface area contributed by atoms with Gasteiger partial charge < -0.3 is 15.2 Å². The molecule has 1 heterocycles. The molecule has 0 aliphatic rings. The van der Waals surface area contributed by atoms with Gasteiger partial charge in [-0.15, -0.1) is 0 Å². The van der Waals surface area contributed by atoms with Gasteiger partial charge in [-0.25, -0.2) is 9.59 Å². The highest BCUT2D eigenvalue weighted by molar-refractivity contribution is 6.15. The number of aromatic carboxylic acids is 2. The highest BCUT2D eigenvalue weighted by Gasteiger charge is 2.24. The summed E-state index contributed by atoms with van der Waals surface area (Å²) in [5, 5.41) is 19.0. The summed E-state index contributed by atoms with van der Waals surface area (Å²) in [6, 6.07) is 14.5. The van der Waals surface area contributed by atoms with Crippen molar-refractivity contribution in [3.8, 4) is 11.1 Å². The molecule has 0 saturated heterocycles. The highest BCUT2D eigenvalue weighted by Crippen LogP contribution is 2.33. The zero-order valence-corrected chi connectivity index (χ0v) is 10.8. The number of H-pyrrole nitrogens is 1. The summed E-state index contributed by atoms with van der Waals surface area (Å²) >= 11 is 0. The average Bonchev–Trinajstić information content (AvgIpc) is 2.88. The third kappa shape index (κ3) is 2.04. The van der Waals surface area contributed by atoms with E-state index in [1.54, 1.807) is 18.2 Å². The molecule has 0 radical (unpaired) electrons. The zero-order chi connectivity index (χ0) is 15.0. The van der Waals surface area contributed by atoms with Crippen molar-refractivity contribution in [2.75, 3.05) is 0 Å². The molecule has 3 N–H and O–H groups in total. The van der Waals surface area contributed by atoms with Crippen molar-refractivity contribution < 1.29 is 19.8 Å². The Morgan fingerprint density at radius 3 is 2.19 bits per heavy atom. The van der Waals surface area contributed by atoms with E-state index in [9.17, 15) is 19.8 Å². The number of rotatable bonds is 3. The number of aromatic amines is 1. The van der Waals surface area contributed by atoms with Gasteiger partial charge in [-0.2, -0.15) is 0 Å². The number of benzene rings is 2. The van der Waals surface area contributed by atoms with E-state index in [0.29, 0.717) is 16.5 Å². The zero-order valence-electron chi connectivity index (χ0n) is 10.8. The minimum atomic E-state index is -1.29. The van der Waals surface area contributed by atoms with Gasteiger partial charge in [0.2, 0.25) is 0 Å². The molecule has 104 valence electrons. The van der Waals surface area contributed by atoms with Crippen molar-refractivity contribution in [1.82, 2.24) is 4.98 Å². The lowest BCUT2D eigenvalue weighted by Crippen LogP contribution is -2.06. The van der Waals surface area contributed by atoms with Crippen molar-refractivity contribution in [2.24, 2.45) is 0 Å². The van der Waals surface area contributed by atoms with E-state index in [0.717, 1.165) is 5.56 Å². The van der Waals surface area contributed by atoms with E-state index in [1.165, 1.54) is 0 Å². The third-order valence-electron chi connectivity index (χ3n) is 3.34. The van der Waals surface area contributed by atoms with Crippen LogP contribution in [0.2, 0.25) is 0 Å². The SMILES string of the molecule is O=C(O)c1[nH]c2cccc(-c3ccccc3)c2c1C(=O)O. The maximum absolute atomic E-state index is 11.5. The van der Waals surface area contributed by atoms with Gasteiger partial charge in [-0.05, 0) is 17.2 Å². The van der Waals surface area contributed by atoms with Crippen molar-refractivity contribution in [1.29, 1.82) is 0 Å². The molecule has 5 nitrogen and oxygen atoms in total. The number of hydrogen-bond acceptors (Lipinski definition) is 2. The Morgan fingerprint density at radius 2 is 1.57 bits per heavy atom. The second-order valence-corrected chi connectivity index (χ2v) is 4.58. The van der Waals surface area contributed by atoms with E-state index in [4.69, 9.17) is 0 Å². The Kier molecular flexibility index (Phi) is 2.95. The fraction of sp³-hybridized carbons (Fsp3) is 0. The van der Waals surface area contributed by atoms with Crippen LogP contribution in [-0.2, 0) is 0 Å². The molecule has 2 aromatic carbocycles. The minimum absolute atomic E-state index is 0.211. The summed E-state index contributed by atoms with van der Waals surface area (Å²) in [4.78, 5) is 25.4. The van der Waals surface area contributed by atoms with Crippen LogP contribution in [0.15, 0.2) is 48.5 Å². The Hall–Kier alpha value is -3.08. The number of carboxylic acid groups (broad SMARTS) is 2. The first-order chi connectivity index (χ1) is 10.1. The predicted molar refractivity (Wildman–Crippen MR) is 77.7 cm³/mol. The average molecular weight is 281 g/mol. The summed E-state index contributed by atoms with van der Waals surface area (Å²) < 4.78 is 0. The van der Waals surface area contributed by atoms with Gasteiger partial charge >= 0.3 is 11.9 Å². The van der Waals surface area contributed by atoms with Gasteiger partial charge in [0.15, 0.2) is 0 Å². The van der Waals surface area contributed by atoms with Gasteiger partial charge in [0, 0.05) is 10.9 Å². The maximum Gasteiger partial charge on any atom is 0.353 e. The van der Waals surface area contributed by atoms with E-state index in [-0.39, 0.29) is 11.3 Å². The first kappa shape index (κ1) is 12.9. The largest absolute Gasteiger partial charge is 0.478 e. The molecular formula is C16H11NO4. The topological polar surface area (TPSA) is 90.4 Å². The third-order valence-corrected chi connectivity index (χ3v) is 3.34. The van der Waals surface area contributed by atoms with Crippen molar-refractivity contribution in [2.45, 2.75) is 0 Å². The molecule has 0 fully saturated rings. The fourth-order valence-electron chi connectivity index (χ4n) is 2.48. The van der Waals surface area contributed by atoms with Crippen LogP contribution in [0.25, 0.3) is 22.0 Å². The first-order valence-electron chi connectivity index (χ1n) is 6.26. The van der Waals surface area contributed by atoms with Crippen LogP contribution in [-0.4, -0.2) is 27.1 Å².